The van der Waals surface area contributed by atoms with Crippen molar-refractivity contribution in [3.8, 4) is 23.0 Å². The van der Waals surface area contributed by atoms with Gasteiger partial charge >= 0.3 is 6.09 Å². The molecule has 0 aliphatic rings. The molecule has 9 nitrogen and oxygen atoms in total. The predicted molar refractivity (Wildman–Crippen MR) is 187 cm³/mol. The number of carbonyl (C=O) groups excluding carboxylic acids is 2. The maximum Gasteiger partial charge on any atom is 0.417 e. The highest BCUT2D eigenvalue weighted by Gasteiger charge is 2.27. The molecule has 0 fully saturated rings. The Balaban J connectivity index is 1.57. The van der Waals surface area contributed by atoms with Gasteiger partial charge in [-0.25, -0.2) is 14.3 Å². The van der Waals surface area contributed by atoms with Gasteiger partial charge in [0, 0.05) is 12.1 Å². The SMILES string of the molecule is CCCCCCCCCCCCCCOc1c(OC)cc(COC(=O)N(Cc2cc[n+](C)cc2)C(=O)c2ccccc2OC)cc1OC. The number of unbranched alkanes of at least 4 members (excludes halogenated alkanes) is 11. The minimum absolute atomic E-state index is 0.0229. The monoisotopic (exact) mass is 663 g/mol. The van der Waals surface area contributed by atoms with Crippen LogP contribution in [0.3, 0.4) is 0 Å². The van der Waals surface area contributed by atoms with Crippen LogP contribution < -0.4 is 23.5 Å². The predicted octanol–water partition coefficient (Wildman–Crippen LogP) is 8.60. The maximum absolute atomic E-state index is 13.6. The number of benzene rings is 2. The van der Waals surface area contributed by atoms with Crippen LogP contribution >= 0.6 is 0 Å². The van der Waals surface area contributed by atoms with E-state index in [1.54, 1.807) is 50.6 Å². The topological polar surface area (TPSA) is 87.4 Å². The summed E-state index contributed by atoms with van der Waals surface area (Å²) in [6.07, 6.45) is 18.2. The number of carbonyl (C=O) groups is 2. The van der Waals surface area contributed by atoms with Crippen LogP contribution in [-0.2, 0) is 24.9 Å². The number of amides is 2. The zero-order valence-corrected chi connectivity index (χ0v) is 29.6. The van der Waals surface area contributed by atoms with Crippen molar-refractivity contribution < 1.29 is 37.8 Å². The molecule has 0 N–H and O–H groups in total. The summed E-state index contributed by atoms with van der Waals surface area (Å²) in [7, 11) is 6.51. The Kier molecular flexibility index (Phi) is 17.2. The summed E-state index contributed by atoms with van der Waals surface area (Å²) < 4.78 is 30.3. The van der Waals surface area contributed by atoms with E-state index in [0.717, 1.165) is 23.3 Å². The average Bonchev–Trinajstić information content (AvgIpc) is 3.11. The smallest absolute Gasteiger partial charge is 0.417 e. The molecule has 0 atom stereocenters. The molecule has 48 heavy (non-hydrogen) atoms. The van der Waals surface area contributed by atoms with Crippen LogP contribution in [0, 0.1) is 0 Å². The van der Waals surface area contributed by atoms with Crippen molar-refractivity contribution in [2.75, 3.05) is 27.9 Å². The first-order valence-electron chi connectivity index (χ1n) is 17.3. The number of hydrogen-bond acceptors (Lipinski definition) is 7. The molecule has 1 aromatic heterocycles. The lowest BCUT2D eigenvalue weighted by Gasteiger charge is -2.22. The fourth-order valence-electron chi connectivity index (χ4n) is 5.51. The Bertz CT molecular complexity index is 1370. The van der Waals surface area contributed by atoms with Crippen LogP contribution in [0.4, 0.5) is 4.79 Å². The highest BCUT2D eigenvalue weighted by atomic mass is 16.6. The number of methoxy groups -OCH3 is 3. The number of pyridine rings is 1. The minimum atomic E-state index is -0.788. The van der Waals surface area contributed by atoms with E-state index in [0.29, 0.717) is 35.2 Å². The van der Waals surface area contributed by atoms with Crippen molar-refractivity contribution in [1.29, 1.82) is 0 Å². The molecule has 2 aromatic carbocycles. The van der Waals surface area contributed by atoms with E-state index in [1.165, 1.54) is 71.3 Å². The molecule has 3 aromatic rings. The van der Waals surface area contributed by atoms with E-state index in [4.69, 9.17) is 23.7 Å². The molecular formula is C39H55N2O7+. The van der Waals surface area contributed by atoms with Gasteiger partial charge in [-0.2, -0.15) is 0 Å². The van der Waals surface area contributed by atoms with E-state index >= 15 is 0 Å². The van der Waals surface area contributed by atoms with Crippen LogP contribution in [0.1, 0.15) is 105 Å². The van der Waals surface area contributed by atoms with Crippen molar-refractivity contribution in [3.63, 3.8) is 0 Å². The van der Waals surface area contributed by atoms with Gasteiger partial charge in [0.05, 0.1) is 40.0 Å². The molecule has 0 aliphatic heterocycles. The Morgan fingerprint density at radius 3 is 1.79 bits per heavy atom. The number of hydrogen-bond donors (Lipinski definition) is 0. The number of rotatable bonds is 22. The number of aryl methyl sites for hydroxylation is 1. The van der Waals surface area contributed by atoms with Gasteiger partial charge in [0.25, 0.3) is 5.91 Å². The molecule has 0 bridgehead atoms. The zero-order valence-electron chi connectivity index (χ0n) is 29.6. The molecule has 0 saturated carbocycles. The first kappa shape index (κ1) is 38.2. The lowest BCUT2D eigenvalue weighted by atomic mass is 10.1. The van der Waals surface area contributed by atoms with Gasteiger partial charge in [-0.05, 0) is 41.8 Å². The molecular weight excluding hydrogens is 608 g/mol. The third-order valence-electron chi connectivity index (χ3n) is 8.32. The summed E-state index contributed by atoms with van der Waals surface area (Å²) in [4.78, 5) is 28.2. The van der Waals surface area contributed by atoms with Crippen LogP contribution in [0.15, 0.2) is 60.9 Å². The minimum Gasteiger partial charge on any atom is -0.496 e. The number of para-hydroxylation sites is 1. The van der Waals surface area contributed by atoms with E-state index in [1.807, 2.05) is 36.1 Å². The Morgan fingerprint density at radius 2 is 1.23 bits per heavy atom. The summed E-state index contributed by atoms with van der Waals surface area (Å²) in [6, 6.07) is 14.0. The number of imide groups is 1. The number of aromatic nitrogens is 1. The van der Waals surface area contributed by atoms with Crippen LogP contribution in [0.2, 0.25) is 0 Å². The number of ether oxygens (including phenoxy) is 5. The second-order valence-corrected chi connectivity index (χ2v) is 12.1. The average molecular weight is 664 g/mol. The van der Waals surface area contributed by atoms with Gasteiger partial charge in [-0.1, -0.05) is 89.7 Å². The summed E-state index contributed by atoms with van der Waals surface area (Å²) >= 11 is 0. The largest absolute Gasteiger partial charge is 0.496 e. The van der Waals surface area contributed by atoms with Gasteiger partial charge < -0.3 is 23.7 Å². The summed E-state index contributed by atoms with van der Waals surface area (Å²) in [5.41, 5.74) is 1.66. The molecule has 262 valence electrons. The van der Waals surface area contributed by atoms with Crippen molar-refractivity contribution in [1.82, 2.24) is 4.90 Å². The van der Waals surface area contributed by atoms with Crippen molar-refractivity contribution in [2.45, 2.75) is 97.1 Å². The maximum atomic E-state index is 13.6. The quantitative estimate of drug-likeness (QED) is 0.0786. The molecule has 2 amide bonds. The van der Waals surface area contributed by atoms with E-state index in [9.17, 15) is 9.59 Å². The Hall–Kier alpha value is -4.27. The van der Waals surface area contributed by atoms with E-state index in [-0.39, 0.29) is 18.7 Å². The standard InChI is InChI=1S/C39H55N2O7/c1-6-7-8-9-10-11-12-13-14-15-16-19-26-47-37-35(45-4)27-32(28-36(37)46-5)30-48-39(43)41(29-31-22-24-40(2)25-23-31)38(42)33-20-17-18-21-34(33)44-3/h17-18,20-25,27-28H,6-16,19,26,29-30H2,1-5H3/q+1. The van der Waals surface area contributed by atoms with Crippen molar-refractivity contribution >= 4 is 12.0 Å². The first-order chi connectivity index (χ1) is 23.4. The summed E-state index contributed by atoms with van der Waals surface area (Å²) in [5.74, 6) is 1.33. The lowest BCUT2D eigenvalue weighted by molar-refractivity contribution is -0.671. The molecule has 0 aliphatic carbocycles. The Labute approximate surface area is 287 Å². The fourth-order valence-corrected chi connectivity index (χ4v) is 5.51. The van der Waals surface area contributed by atoms with Gasteiger partial charge in [0.2, 0.25) is 5.75 Å². The molecule has 9 heteroatoms. The summed E-state index contributed by atoms with van der Waals surface area (Å²) in [5, 5.41) is 0. The van der Waals surface area contributed by atoms with Crippen molar-refractivity contribution in [2.24, 2.45) is 7.05 Å². The number of nitrogens with zero attached hydrogens (tertiary/aromatic N) is 2. The second-order valence-electron chi connectivity index (χ2n) is 12.1. The highest BCUT2D eigenvalue weighted by molar-refractivity contribution is 6.04. The van der Waals surface area contributed by atoms with Crippen LogP contribution in [0.5, 0.6) is 23.0 Å². The van der Waals surface area contributed by atoms with Gasteiger partial charge in [0.1, 0.15) is 19.4 Å². The third-order valence-corrected chi connectivity index (χ3v) is 8.32. The van der Waals surface area contributed by atoms with E-state index in [2.05, 4.69) is 6.92 Å². The molecule has 0 unspecified atom stereocenters. The first-order valence-corrected chi connectivity index (χ1v) is 17.3. The van der Waals surface area contributed by atoms with Crippen LogP contribution in [-0.4, -0.2) is 44.8 Å². The molecule has 1 heterocycles. The lowest BCUT2D eigenvalue weighted by Crippen LogP contribution is -2.37. The zero-order chi connectivity index (χ0) is 34.6. The van der Waals surface area contributed by atoms with Crippen LogP contribution in [0.25, 0.3) is 0 Å². The van der Waals surface area contributed by atoms with Gasteiger partial charge in [0.15, 0.2) is 23.9 Å². The molecule has 3 rings (SSSR count). The highest BCUT2D eigenvalue weighted by Crippen LogP contribution is 2.39. The second kappa shape index (κ2) is 21.6. The molecule has 0 spiro atoms. The molecule has 0 saturated heterocycles. The van der Waals surface area contributed by atoms with E-state index < -0.39 is 12.0 Å². The van der Waals surface area contributed by atoms with Crippen molar-refractivity contribution in [3.05, 3.63) is 77.6 Å². The normalized spacial score (nSPS) is 10.8. The summed E-state index contributed by atoms with van der Waals surface area (Å²) in [6.45, 7) is 2.73. The van der Waals surface area contributed by atoms with Gasteiger partial charge in [-0.3, -0.25) is 4.79 Å². The fraction of sp³-hybridized carbons (Fsp3) is 0.513. The third kappa shape index (κ3) is 12.4. The molecule has 0 radical (unpaired) electrons. The Morgan fingerprint density at radius 1 is 0.688 bits per heavy atom. The van der Waals surface area contributed by atoms with Gasteiger partial charge in [-0.15, -0.1) is 0 Å².